The molecule has 3 heteroatoms. The number of rotatable bonds is 8. The molecule has 3 aromatic carbocycles. The number of halogens is 1. The maximum atomic E-state index is 13.6. The third-order valence-electron chi connectivity index (χ3n) is 4.41. The van der Waals surface area contributed by atoms with Crippen LogP contribution in [0, 0.1) is 12.7 Å². The van der Waals surface area contributed by atoms with Crippen LogP contribution < -0.4 is 10.1 Å². The van der Waals surface area contributed by atoms with Gasteiger partial charge in [0.25, 0.3) is 0 Å². The second-order valence-corrected chi connectivity index (χ2v) is 6.38. The highest BCUT2D eigenvalue weighted by atomic mass is 19.1. The molecule has 0 aliphatic heterocycles. The molecule has 1 N–H and O–H groups in total. The summed E-state index contributed by atoms with van der Waals surface area (Å²) in [5, 5.41) is 3.37. The van der Waals surface area contributed by atoms with Gasteiger partial charge in [0.15, 0.2) is 0 Å². The van der Waals surface area contributed by atoms with Crippen LogP contribution in [0.4, 0.5) is 4.39 Å². The first kappa shape index (κ1) is 18.2. The van der Waals surface area contributed by atoms with Crippen molar-refractivity contribution in [3.05, 3.63) is 101 Å². The van der Waals surface area contributed by atoms with Crippen molar-refractivity contribution in [3.8, 4) is 5.75 Å². The lowest BCUT2D eigenvalue weighted by Gasteiger charge is -2.10. The summed E-state index contributed by atoms with van der Waals surface area (Å²) in [6.07, 6.45) is 0.677. The molecule has 134 valence electrons. The van der Waals surface area contributed by atoms with E-state index in [1.54, 1.807) is 6.07 Å². The van der Waals surface area contributed by atoms with Crippen molar-refractivity contribution in [2.75, 3.05) is 6.54 Å². The lowest BCUT2D eigenvalue weighted by molar-refractivity contribution is 0.305. The third-order valence-corrected chi connectivity index (χ3v) is 4.41. The molecule has 0 aliphatic rings. The van der Waals surface area contributed by atoms with Crippen molar-refractivity contribution >= 4 is 0 Å². The minimum atomic E-state index is -0.138. The fourth-order valence-corrected chi connectivity index (χ4v) is 2.84. The summed E-state index contributed by atoms with van der Waals surface area (Å²) in [5.74, 6) is 0.725. The van der Waals surface area contributed by atoms with Gasteiger partial charge in [-0.1, -0.05) is 54.6 Å². The molecule has 0 unspecified atom stereocenters. The highest BCUT2D eigenvalue weighted by Crippen LogP contribution is 2.16. The van der Waals surface area contributed by atoms with Crippen LogP contribution in [0.3, 0.4) is 0 Å². The van der Waals surface area contributed by atoms with Crippen molar-refractivity contribution in [2.45, 2.75) is 26.5 Å². The Kier molecular flexibility index (Phi) is 6.39. The van der Waals surface area contributed by atoms with Crippen LogP contribution >= 0.6 is 0 Å². The van der Waals surface area contributed by atoms with Gasteiger partial charge in [-0.15, -0.1) is 0 Å². The molecule has 0 aliphatic carbocycles. The Morgan fingerprint density at radius 3 is 2.46 bits per heavy atom. The fraction of sp³-hybridized carbons (Fsp3) is 0.217. The smallest absolute Gasteiger partial charge is 0.126 e. The highest BCUT2D eigenvalue weighted by molar-refractivity contribution is 5.30. The van der Waals surface area contributed by atoms with Crippen LogP contribution in [0.25, 0.3) is 0 Å². The van der Waals surface area contributed by atoms with E-state index < -0.39 is 0 Å². The average molecular weight is 349 g/mol. The van der Waals surface area contributed by atoms with E-state index in [1.165, 1.54) is 17.2 Å². The molecule has 3 aromatic rings. The molecule has 3 rings (SSSR count). The minimum Gasteiger partial charge on any atom is -0.489 e. The predicted octanol–water partition coefficient (Wildman–Crippen LogP) is 5.05. The van der Waals surface area contributed by atoms with E-state index in [2.05, 4.69) is 30.4 Å². The Hall–Kier alpha value is -2.65. The largest absolute Gasteiger partial charge is 0.489 e. The molecule has 0 saturated carbocycles. The van der Waals surface area contributed by atoms with E-state index in [-0.39, 0.29) is 5.82 Å². The number of benzene rings is 3. The maximum absolute atomic E-state index is 13.6. The summed E-state index contributed by atoms with van der Waals surface area (Å²) >= 11 is 0. The molecule has 0 fully saturated rings. The van der Waals surface area contributed by atoms with Gasteiger partial charge in [-0.3, -0.25) is 0 Å². The molecule has 0 bridgehead atoms. The van der Waals surface area contributed by atoms with Crippen LogP contribution in [-0.4, -0.2) is 6.54 Å². The molecular weight excluding hydrogens is 325 g/mol. The van der Waals surface area contributed by atoms with E-state index in [0.717, 1.165) is 30.0 Å². The van der Waals surface area contributed by atoms with Gasteiger partial charge < -0.3 is 10.1 Å². The second-order valence-electron chi connectivity index (χ2n) is 6.38. The average Bonchev–Trinajstić information content (AvgIpc) is 2.66. The second kappa shape index (κ2) is 9.16. The Bertz CT molecular complexity index is 847. The molecule has 26 heavy (non-hydrogen) atoms. The Labute approximate surface area is 154 Å². The first-order chi connectivity index (χ1) is 12.7. The number of ether oxygens (including phenoxy) is 1. The quantitative estimate of drug-likeness (QED) is 0.575. The third kappa shape index (κ3) is 5.17. The number of hydrogen-bond acceptors (Lipinski definition) is 2. The van der Waals surface area contributed by atoms with Gasteiger partial charge in [-0.05, 0) is 60.3 Å². The molecule has 0 saturated heterocycles. The first-order valence-corrected chi connectivity index (χ1v) is 8.93. The molecule has 2 nitrogen and oxygen atoms in total. The summed E-state index contributed by atoms with van der Waals surface area (Å²) in [6.45, 7) is 4.12. The van der Waals surface area contributed by atoms with E-state index in [9.17, 15) is 4.39 Å². The van der Waals surface area contributed by atoms with Crippen molar-refractivity contribution in [1.82, 2.24) is 5.32 Å². The van der Waals surface area contributed by atoms with Crippen LogP contribution in [0.2, 0.25) is 0 Å². The zero-order chi connectivity index (χ0) is 18.2. The molecular formula is C23H24FNO. The minimum absolute atomic E-state index is 0.138. The van der Waals surface area contributed by atoms with Gasteiger partial charge in [0.2, 0.25) is 0 Å². The van der Waals surface area contributed by atoms with E-state index >= 15 is 0 Å². The number of hydrogen-bond donors (Lipinski definition) is 1. The van der Waals surface area contributed by atoms with Crippen molar-refractivity contribution in [3.63, 3.8) is 0 Å². The van der Waals surface area contributed by atoms with Gasteiger partial charge >= 0.3 is 0 Å². The maximum Gasteiger partial charge on any atom is 0.126 e. The van der Waals surface area contributed by atoms with E-state index in [1.807, 2.05) is 42.5 Å². The van der Waals surface area contributed by atoms with Crippen LogP contribution in [-0.2, 0) is 19.6 Å². The lowest BCUT2D eigenvalue weighted by atomic mass is 10.1. The van der Waals surface area contributed by atoms with Crippen molar-refractivity contribution in [2.24, 2.45) is 0 Å². The lowest BCUT2D eigenvalue weighted by Crippen LogP contribution is -2.17. The zero-order valence-corrected chi connectivity index (χ0v) is 15.0. The summed E-state index contributed by atoms with van der Waals surface area (Å²) in [7, 11) is 0. The van der Waals surface area contributed by atoms with Crippen LogP contribution in [0.1, 0.15) is 22.3 Å². The summed E-state index contributed by atoms with van der Waals surface area (Å²) in [4.78, 5) is 0. The first-order valence-electron chi connectivity index (χ1n) is 8.93. The Morgan fingerprint density at radius 2 is 1.65 bits per heavy atom. The molecule has 0 aromatic heterocycles. The standard InChI is InChI=1S/C23H24FNO/c1-18-7-2-3-10-21(18)17-26-22-11-6-8-19(15-22)16-25-14-13-20-9-4-5-12-23(20)24/h2-12,15,25H,13-14,16-17H2,1H3. The number of aryl methyl sites for hydroxylation is 1. The number of nitrogens with one attached hydrogen (secondary N) is 1. The molecule has 0 spiro atoms. The van der Waals surface area contributed by atoms with Gasteiger partial charge in [0.05, 0.1) is 0 Å². The Balaban J connectivity index is 1.48. The van der Waals surface area contributed by atoms with Gasteiger partial charge in [-0.2, -0.15) is 0 Å². The molecule has 0 amide bonds. The fourth-order valence-electron chi connectivity index (χ4n) is 2.84. The molecule has 0 atom stereocenters. The summed E-state index contributed by atoms with van der Waals surface area (Å²) < 4.78 is 19.5. The van der Waals surface area contributed by atoms with Gasteiger partial charge in [0, 0.05) is 6.54 Å². The SMILES string of the molecule is Cc1ccccc1COc1cccc(CNCCc2ccccc2F)c1. The van der Waals surface area contributed by atoms with Crippen LogP contribution in [0.5, 0.6) is 5.75 Å². The monoisotopic (exact) mass is 349 g/mol. The van der Waals surface area contributed by atoms with Crippen molar-refractivity contribution < 1.29 is 9.13 Å². The Morgan fingerprint density at radius 1 is 0.885 bits per heavy atom. The highest BCUT2D eigenvalue weighted by Gasteiger charge is 2.02. The van der Waals surface area contributed by atoms with E-state index in [0.29, 0.717) is 13.0 Å². The zero-order valence-electron chi connectivity index (χ0n) is 15.0. The topological polar surface area (TPSA) is 21.3 Å². The normalized spacial score (nSPS) is 10.7. The molecule has 0 radical (unpaired) electrons. The van der Waals surface area contributed by atoms with Gasteiger partial charge in [-0.25, -0.2) is 4.39 Å². The molecule has 0 heterocycles. The summed E-state index contributed by atoms with van der Waals surface area (Å²) in [5.41, 5.74) is 4.33. The van der Waals surface area contributed by atoms with Crippen molar-refractivity contribution in [1.29, 1.82) is 0 Å². The van der Waals surface area contributed by atoms with Crippen LogP contribution in [0.15, 0.2) is 72.8 Å². The van der Waals surface area contributed by atoms with E-state index in [4.69, 9.17) is 4.74 Å². The van der Waals surface area contributed by atoms with Gasteiger partial charge in [0.1, 0.15) is 18.2 Å². The summed E-state index contributed by atoms with van der Waals surface area (Å²) in [6, 6.07) is 23.3. The predicted molar refractivity (Wildman–Crippen MR) is 104 cm³/mol.